The first-order chi connectivity index (χ1) is 9.19. The quantitative estimate of drug-likeness (QED) is 0.879. The Morgan fingerprint density at radius 1 is 1.37 bits per heavy atom. The van der Waals surface area contributed by atoms with Gasteiger partial charge in [0.15, 0.2) is 0 Å². The number of carbonyl (C=O) groups is 1. The van der Waals surface area contributed by atoms with Crippen LogP contribution in [0.1, 0.15) is 25.7 Å². The van der Waals surface area contributed by atoms with Crippen molar-refractivity contribution in [3.63, 3.8) is 0 Å². The fourth-order valence-electron chi connectivity index (χ4n) is 2.63. The average molecular weight is 257 g/mol. The zero-order chi connectivity index (χ0) is 13.3. The third-order valence-electron chi connectivity index (χ3n) is 3.75. The Bertz CT molecular complexity index is 618. The average Bonchev–Trinajstić information content (AvgIpc) is 2.36. The number of benzene rings is 1. The molecule has 1 saturated carbocycles. The van der Waals surface area contributed by atoms with Crippen molar-refractivity contribution < 1.29 is 9.90 Å². The van der Waals surface area contributed by atoms with E-state index in [-0.39, 0.29) is 12.0 Å². The number of nitrogens with one attached hydrogen (secondary N) is 1. The second-order valence-corrected chi connectivity index (χ2v) is 5.10. The van der Waals surface area contributed by atoms with Gasteiger partial charge < -0.3 is 10.4 Å². The molecule has 98 valence electrons. The predicted octanol–water partition coefficient (Wildman–Crippen LogP) is 2.44. The van der Waals surface area contributed by atoms with Gasteiger partial charge in [0.2, 0.25) is 0 Å². The minimum absolute atomic E-state index is 0.143. The van der Waals surface area contributed by atoms with Gasteiger partial charge in [-0.25, -0.2) is 0 Å². The standard InChI is InChI=1S/C14H15N3O2/c18-13(19)8-14(6-3-7-14)16-12-9-15-17-11-5-2-1-4-10(11)12/h1-2,4-5,9H,3,6-8H2,(H,16,17)(H,18,19). The number of fused-ring (bicyclic) bond motifs is 1. The van der Waals surface area contributed by atoms with Gasteiger partial charge in [0.25, 0.3) is 0 Å². The summed E-state index contributed by atoms with van der Waals surface area (Å²) in [5.41, 5.74) is 1.36. The Kier molecular flexibility index (Phi) is 2.81. The van der Waals surface area contributed by atoms with Crippen LogP contribution in [0.4, 0.5) is 5.69 Å². The first-order valence-electron chi connectivity index (χ1n) is 6.39. The highest BCUT2D eigenvalue weighted by atomic mass is 16.4. The number of carboxylic acid groups (broad SMARTS) is 1. The minimum atomic E-state index is -0.765. The van der Waals surface area contributed by atoms with Crippen LogP contribution in [0.2, 0.25) is 0 Å². The molecule has 5 heteroatoms. The van der Waals surface area contributed by atoms with Crippen LogP contribution in [0.15, 0.2) is 30.5 Å². The molecule has 19 heavy (non-hydrogen) atoms. The van der Waals surface area contributed by atoms with E-state index in [9.17, 15) is 4.79 Å². The Morgan fingerprint density at radius 3 is 2.84 bits per heavy atom. The van der Waals surface area contributed by atoms with Gasteiger partial charge in [0, 0.05) is 10.9 Å². The number of hydrogen-bond acceptors (Lipinski definition) is 4. The highest BCUT2D eigenvalue weighted by molar-refractivity contribution is 5.90. The zero-order valence-electron chi connectivity index (χ0n) is 10.5. The SMILES string of the molecule is O=C(O)CC1(Nc2cnnc3ccccc23)CCC1. The number of nitrogens with zero attached hydrogens (tertiary/aromatic N) is 2. The monoisotopic (exact) mass is 257 g/mol. The Morgan fingerprint density at radius 2 is 2.16 bits per heavy atom. The lowest BCUT2D eigenvalue weighted by molar-refractivity contribution is -0.138. The summed E-state index contributed by atoms with van der Waals surface area (Å²) in [4.78, 5) is 11.0. The highest BCUT2D eigenvalue weighted by Gasteiger charge is 2.39. The fourth-order valence-corrected chi connectivity index (χ4v) is 2.63. The molecule has 1 fully saturated rings. The minimum Gasteiger partial charge on any atom is -0.481 e. The second-order valence-electron chi connectivity index (χ2n) is 5.10. The maximum atomic E-state index is 11.0. The molecule has 0 unspecified atom stereocenters. The molecule has 0 aliphatic heterocycles. The molecule has 1 aliphatic rings. The van der Waals surface area contributed by atoms with Crippen LogP contribution in [0.5, 0.6) is 0 Å². The normalized spacial score (nSPS) is 16.8. The molecule has 1 aromatic carbocycles. The maximum Gasteiger partial charge on any atom is 0.305 e. The van der Waals surface area contributed by atoms with Crippen LogP contribution in [-0.4, -0.2) is 26.8 Å². The summed E-state index contributed by atoms with van der Waals surface area (Å²) < 4.78 is 0. The van der Waals surface area contributed by atoms with Crippen molar-refractivity contribution in [2.45, 2.75) is 31.2 Å². The molecule has 2 N–H and O–H groups in total. The summed E-state index contributed by atoms with van der Waals surface area (Å²) >= 11 is 0. The summed E-state index contributed by atoms with van der Waals surface area (Å²) in [6.07, 6.45) is 4.65. The van der Waals surface area contributed by atoms with E-state index < -0.39 is 5.97 Å². The second kappa shape index (κ2) is 4.50. The van der Waals surface area contributed by atoms with E-state index in [1.807, 2.05) is 24.3 Å². The molecule has 0 spiro atoms. The zero-order valence-corrected chi connectivity index (χ0v) is 10.5. The van der Waals surface area contributed by atoms with Gasteiger partial charge >= 0.3 is 5.97 Å². The Hall–Kier alpha value is -2.17. The summed E-state index contributed by atoms with van der Waals surface area (Å²) in [5, 5.41) is 21.4. The number of carboxylic acids is 1. The Balaban J connectivity index is 1.94. The van der Waals surface area contributed by atoms with Crippen molar-refractivity contribution in [3.8, 4) is 0 Å². The van der Waals surface area contributed by atoms with Crippen molar-refractivity contribution in [1.29, 1.82) is 0 Å². The van der Waals surface area contributed by atoms with Crippen molar-refractivity contribution in [2.75, 3.05) is 5.32 Å². The molecular weight excluding hydrogens is 242 g/mol. The lowest BCUT2D eigenvalue weighted by Gasteiger charge is -2.42. The smallest absolute Gasteiger partial charge is 0.305 e. The number of rotatable bonds is 4. The summed E-state index contributed by atoms with van der Waals surface area (Å²) in [5.74, 6) is -0.765. The van der Waals surface area contributed by atoms with Crippen LogP contribution >= 0.6 is 0 Å². The summed E-state index contributed by atoms with van der Waals surface area (Å²) in [7, 11) is 0. The van der Waals surface area contributed by atoms with Crippen molar-refractivity contribution in [2.24, 2.45) is 0 Å². The molecule has 0 amide bonds. The first-order valence-corrected chi connectivity index (χ1v) is 6.39. The van der Waals surface area contributed by atoms with Crippen LogP contribution in [0.3, 0.4) is 0 Å². The van der Waals surface area contributed by atoms with Gasteiger partial charge in [0.1, 0.15) is 0 Å². The van der Waals surface area contributed by atoms with Gasteiger partial charge in [-0.1, -0.05) is 18.2 Å². The molecule has 0 atom stereocenters. The third-order valence-corrected chi connectivity index (χ3v) is 3.75. The lowest BCUT2D eigenvalue weighted by atomic mass is 9.74. The molecule has 0 saturated heterocycles. The van der Waals surface area contributed by atoms with E-state index >= 15 is 0 Å². The van der Waals surface area contributed by atoms with Crippen molar-refractivity contribution in [3.05, 3.63) is 30.5 Å². The molecule has 1 aromatic heterocycles. The molecule has 2 aromatic rings. The topological polar surface area (TPSA) is 75.1 Å². The van der Waals surface area contributed by atoms with Gasteiger partial charge in [-0.15, -0.1) is 0 Å². The number of aliphatic carboxylic acids is 1. The molecule has 1 heterocycles. The van der Waals surface area contributed by atoms with Crippen LogP contribution in [0, 0.1) is 0 Å². The summed E-state index contributed by atoms with van der Waals surface area (Å²) in [6, 6.07) is 7.73. The van der Waals surface area contributed by atoms with E-state index in [1.54, 1.807) is 6.20 Å². The summed E-state index contributed by atoms with van der Waals surface area (Å²) in [6.45, 7) is 0. The van der Waals surface area contributed by atoms with Gasteiger partial charge in [0.05, 0.1) is 23.8 Å². The molecule has 3 rings (SSSR count). The largest absolute Gasteiger partial charge is 0.481 e. The van der Waals surface area contributed by atoms with E-state index in [1.165, 1.54) is 0 Å². The van der Waals surface area contributed by atoms with E-state index in [4.69, 9.17) is 5.11 Å². The number of anilines is 1. The predicted molar refractivity (Wildman–Crippen MR) is 72.0 cm³/mol. The fraction of sp³-hybridized carbons (Fsp3) is 0.357. The van der Waals surface area contributed by atoms with Crippen LogP contribution in [0.25, 0.3) is 10.9 Å². The third kappa shape index (κ3) is 2.23. The Labute approximate surface area is 110 Å². The van der Waals surface area contributed by atoms with Crippen LogP contribution < -0.4 is 5.32 Å². The maximum absolute atomic E-state index is 11.0. The lowest BCUT2D eigenvalue weighted by Crippen LogP contribution is -2.46. The van der Waals surface area contributed by atoms with Crippen LogP contribution in [-0.2, 0) is 4.79 Å². The molecule has 1 aliphatic carbocycles. The van der Waals surface area contributed by atoms with E-state index in [0.717, 1.165) is 35.9 Å². The molecule has 0 radical (unpaired) electrons. The number of aromatic nitrogens is 2. The number of hydrogen-bond donors (Lipinski definition) is 2. The van der Waals surface area contributed by atoms with E-state index in [0.29, 0.717) is 0 Å². The van der Waals surface area contributed by atoms with Crippen molar-refractivity contribution >= 4 is 22.6 Å². The van der Waals surface area contributed by atoms with E-state index in [2.05, 4.69) is 15.5 Å². The van der Waals surface area contributed by atoms with Gasteiger partial charge in [-0.2, -0.15) is 10.2 Å². The molecular formula is C14H15N3O2. The molecule has 5 nitrogen and oxygen atoms in total. The van der Waals surface area contributed by atoms with Gasteiger partial charge in [-0.3, -0.25) is 4.79 Å². The first kappa shape index (κ1) is 11.9. The molecule has 0 bridgehead atoms. The highest BCUT2D eigenvalue weighted by Crippen LogP contribution is 2.39. The van der Waals surface area contributed by atoms with Crippen molar-refractivity contribution in [1.82, 2.24) is 10.2 Å². The van der Waals surface area contributed by atoms with Gasteiger partial charge in [-0.05, 0) is 25.3 Å².